The molecule has 1 amide bonds. The van der Waals surface area contributed by atoms with Crippen molar-refractivity contribution in [2.75, 3.05) is 0 Å². The zero-order valence-corrected chi connectivity index (χ0v) is 12.1. The van der Waals surface area contributed by atoms with Crippen LogP contribution in [-0.2, 0) is 6.42 Å². The van der Waals surface area contributed by atoms with E-state index in [9.17, 15) is 4.79 Å². The molecule has 0 bridgehead atoms. The Bertz CT molecular complexity index is 554. The predicted molar refractivity (Wildman–Crippen MR) is 75.3 cm³/mol. The lowest BCUT2D eigenvalue weighted by Crippen LogP contribution is -2.29. The van der Waals surface area contributed by atoms with Crippen LogP contribution in [-0.4, -0.2) is 21.2 Å². The molecule has 5 nitrogen and oxygen atoms in total. The standard InChI is InChI=1S/C12H11BrClN3O2/c13-9-10(14)17-11(16-9)8(15-12(18)19)6-7-4-2-1-3-5-7/h1-5,8,15H,6H2,(H,16,17)(H,18,19)/t8-/m0/s1. The summed E-state index contributed by atoms with van der Waals surface area (Å²) in [7, 11) is 0. The molecule has 19 heavy (non-hydrogen) atoms. The van der Waals surface area contributed by atoms with Crippen molar-refractivity contribution in [2.24, 2.45) is 0 Å². The number of nitrogens with one attached hydrogen (secondary N) is 2. The number of amides is 1. The minimum absolute atomic E-state index is 0.347. The number of rotatable bonds is 4. The second kappa shape index (κ2) is 6.08. The zero-order chi connectivity index (χ0) is 13.8. The van der Waals surface area contributed by atoms with Gasteiger partial charge in [0.25, 0.3) is 0 Å². The van der Waals surface area contributed by atoms with Gasteiger partial charge in [0.15, 0.2) is 0 Å². The summed E-state index contributed by atoms with van der Waals surface area (Å²) in [6, 6.07) is 9.08. The van der Waals surface area contributed by atoms with Crippen molar-refractivity contribution in [2.45, 2.75) is 12.5 Å². The Balaban J connectivity index is 2.23. The fourth-order valence-electron chi connectivity index (χ4n) is 1.73. The average Bonchev–Trinajstić information content (AvgIpc) is 2.70. The van der Waals surface area contributed by atoms with Gasteiger partial charge >= 0.3 is 6.09 Å². The maximum absolute atomic E-state index is 10.9. The molecule has 0 spiro atoms. The number of halogens is 2. The molecule has 0 saturated carbocycles. The summed E-state index contributed by atoms with van der Waals surface area (Å²) in [5.74, 6) is 0.475. The third-order valence-corrected chi connectivity index (χ3v) is 3.62. The third kappa shape index (κ3) is 3.71. The van der Waals surface area contributed by atoms with E-state index >= 15 is 0 Å². The van der Waals surface area contributed by atoms with Crippen LogP contribution in [0.5, 0.6) is 0 Å². The molecule has 0 fully saturated rings. The molecule has 100 valence electrons. The number of H-pyrrole nitrogens is 1. The highest BCUT2D eigenvalue weighted by Crippen LogP contribution is 2.24. The normalized spacial score (nSPS) is 12.1. The van der Waals surface area contributed by atoms with Crippen LogP contribution in [0.4, 0.5) is 4.79 Å². The number of nitrogens with zero attached hydrogens (tertiary/aromatic N) is 1. The Hall–Kier alpha value is -1.53. The van der Waals surface area contributed by atoms with Crippen LogP contribution in [0, 0.1) is 0 Å². The van der Waals surface area contributed by atoms with Gasteiger partial charge in [-0.2, -0.15) is 0 Å². The van der Waals surface area contributed by atoms with Gasteiger partial charge in [0.2, 0.25) is 0 Å². The van der Waals surface area contributed by atoms with Gasteiger partial charge in [-0.3, -0.25) is 0 Å². The van der Waals surface area contributed by atoms with E-state index in [2.05, 4.69) is 31.2 Å². The topological polar surface area (TPSA) is 78.0 Å². The van der Waals surface area contributed by atoms with Crippen LogP contribution in [0.1, 0.15) is 17.4 Å². The molecule has 0 radical (unpaired) electrons. The van der Waals surface area contributed by atoms with Crippen molar-refractivity contribution in [1.29, 1.82) is 0 Å². The minimum atomic E-state index is -1.11. The molecule has 2 aromatic rings. The molecule has 0 aliphatic heterocycles. The number of hydrogen-bond donors (Lipinski definition) is 3. The lowest BCUT2D eigenvalue weighted by atomic mass is 10.1. The highest BCUT2D eigenvalue weighted by molar-refractivity contribution is 9.10. The number of hydrogen-bond acceptors (Lipinski definition) is 2. The quantitative estimate of drug-likeness (QED) is 0.795. The van der Waals surface area contributed by atoms with Gasteiger partial charge in [-0.1, -0.05) is 41.9 Å². The minimum Gasteiger partial charge on any atom is -0.465 e. The van der Waals surface area contributed by atoms with Gasteiger partial charge in [-0.15, -0.1) is 0 Å². The molecule has 1 aromatic heterocycles. The second-order valence-corrected chi connectivity index (χ2v) is 5.05. The van der Waals surface area contributed by atoms with E-state index in [1.165, 1.54) is 0 Å². The lowest BCUT2D eigenvalue weighted by Gasteiger charge is -2.14. The Morgan fingerprint density at radius 1 is 1.47 bits per heavy atom. The van der Waals surface area contributed by atoms with E-state index in [1.54, 1.807) is 0 Å². The van der Waals surface area contributed by atoms with Gasteiger partial charge in [0.1, 0.15) is 15.6 Å². The van der Waals surface area contributed by atoms with E-state index in [0.29, 0.717) is 22.0 Å². The number of carboxylic acid groups (broad SMARTS) is 1. The first-order valence-electron chi connectivity index (χ1n) is 5.50. The van der Waals surface area contributed by atoms with Crippen LogP contribution in [0.2, 0.25) is 5.15 Å². The third-order valence-electron chi connectivity index (χ3n) is 2.55. The van der Waals surface area contributed by atoms with E-state index in [-0.39, 0.29) is 0 Å². The van der Waals surface area contributed by atoms with Gasteiger partial charge in [0, 0.05) is 6.42 Å². The van der Waals surface area contributed by atoms with Gasteiger partial charge in [-0.25, -0.2) is 9.78 Å². The van der Waals surface area contributed by atoms with E-state index in [4.69, 9.17) is 16.7 Å². The van der Waals surface area contributed by atoms with Crippen molar-refractivity contribution < 1.29 is 9.90 Å². The number of imidazole rings is 1. The first-order valence-corrected chi connectivity index (χ1v) is 6.67. The van der Waals surface area contributed by atoms with Crippen molar-refractivity contribution in [3.05, 3.63) is 51.5 Å². The summed E-state index contributed by atoms with van der Waals surface area (Å²) < 4.78 is 0.467. The van der Waals surface area contributed by atoms with Crippen molar-refractivity contribution >= 4 is 33.6 Å². The smallest absolute Gasteiger partial charge is 0.405 e. The molecule has 1 aromatic carbocycles. The van der Waals surface area contributed by atoms with Crippen molar-refractivity contribution in [3.8, 4) is 0 Å². The largest absolute Gasteiger partial charge is 0.465 e. The number of aromatic nitrogens is 2. The monoisotopic (exact) mass is 343 g/mol. The molecule has 1 heterocycles. The highest BCUT2D eigenvalue weighted by Gasteiger charge is 2.19. The summed E-state index contributed by atoms with van der Waals surface area (Å²) in [6.07, 6.45) is -0.617. The first kappa shape index (κ1) is 13.9. The van der Waals surface area contributed by atoms with Crippen molar-refractivity contribution in [1.82, 2.24) is 15.3 Å². The molecule has 0 unspecified atom stereocenters. The Morgan fingerprint density at radius 3 is 2.68 bits per heavy atom. The fourth-order valence-corrected chi connectivity index (χ4v) is 2.16. The molecular formula is C12H11BrClN3O2. The molecular weight excluding hydrogens is 334 g/mol. The predicted octanol–water partition coefficient (Wildman–Crippen LogP) is 3.38. The molecule has 7 heteroatoms. The summed E-state index contributed by atoms with van der Waals surface area (Å²) in [5.41, 5.74) is 1.00. The van der Waals surface area contributed by atoms with Crippen LogP contribution in [0.25, 0.3) is 0 Å². The summed E-state index contributed by atoms with van der Waals surface area (Å²) in [6.45, 7) is 0. The summed E-state index contributed by atoms with van der Waals surface area (Å²) in [4.78, 5) is 17.9. The molecule has 3 N–H and O–H groups in total. The van der Waals surface area contributed by atoms with Crippen LogP contribution >= 0.6 is 27.5 Å². The van der Waals surface area contributed by atoms with Crippen molar-refractivity contribution in [3.63, 3.8) is 0 Å². The molecule has 0 saturated heterocycles. The Kier molecular flexibility index (Phi) is 4.44. The lowest BCUT2D eigenvalue weighted by molar-refractivity contribution is 0.189. The Labute approximate surface area is 123 Å². The van der Waals surface area contributed by atoms with Crippen LogP contribution in [0.3, 0.4) is 0 Å². The molecule has 0 aliphatic carbocycles. The number of benzene rings is 1. The molecule has 2 rings (SSSR count). The summed E-state index contributed by atoms with van der Waals surface area (Å²) in [5, 5.41) is 11.7. The summed E-state index contributed by atoms with van der Waals surface area (Å²) >= 11 is 9.06. The molecule has 1 atom stereocenters. The molecule has 0 aliphatic rings. The van der Waals surface area contributed by atoms with E-state index in [1.807, 2.05) is 30.3 Å². The van der Waals surface area contributed by atoms with E-state index in [0.717, 1.165) is 5.56 Å². The number of carbonyl (C=O) groups is 1. The van der Waals surface area contributed by atoms with Crippen LogP contribution < -0.4 is 5.32 Å². The fraction of sp³-hybridized carbons (Fsp3) is 0.167. The van der Waals surface area contributed by atoms with Crippen LogP contribution in [0.15, 0.2) is 34.9 Å². The Morgan fingerprint density at radius 2 is 2.16 bits per heavy atom. The maximum Gasteiger partial charge on any atom is 0.405 e. The first-order chi connectivity index (χ1) is 9.06. The van der Waals surface area contributed by atoms with Gasteiger partial charge in [0.05, 0.1) is 6.04 Å². The average molecular weight is 345 g/mol. The maximum atomic E-state index is 10.9. The SMILES string of the molecule is O=C(O)N[C@@H](Cc1ccccc1)c1nc(Br)c(Cl)[nH]1. The van der Waals surface area contributed by atoms with E-state index < -0.39 is 12.1 Å². The highest BCUT2D eigenvalue weighted by atomic mass is 79.9. The number of aromatic amines is 1. The van der Waals surface area contributed by atoms with Gasteiger partial charge in [-0.05, 0) is 21.5 Å². The van der Waals surface area contributed by atoms with Gasteiger partial charge < -0.3 is 15.4 Å². The second-order valence-electron chi connectivity index (χ2n) is 3.92. The zero-order valence-electron chi connectivity index (χ0n) is 9.73.